The summed E-state index contributed by atoms with van der Waals surface area (Å²) in [5.74, 6) is -0.0459. The first kappa shape index (κ1) is 12.9. The van der Waals surface area contributed by atoms with Crippen LogP contribution in [-0.4, -0.2) is 10.9 Å². The van der Waals surface area contributed by atoms with Crippen LogP contribution in [0, 0.1) is 13.8 Å². The molecular weight excluding hydrogens is 272 g/mol. The van der Waals surface area contributed by atoms with Gasteiger partial charge in [0.25, 0.3) is 5.91 Å². The Hall–Kier alpha value is -2.81. The third-order valence-electron chi connectivity index (χ3n) is 4.25. The fourth-order valence-corrected chi connectivity index (χ4v) is 3.03. The smallest absolute Gasteiger partial charge is 0.256 e. The Bertz CT molecular complexity index is 947. The summed E-state index contributed by atoms with van der Waals surface area (Å²) >= 11 is 0. The van der Waals surface area contributed by atoms with Crippen LogP contribution >= 0.6 is 0 Å². The number of para-hydroxylation sites is 1. The quantitative estimate of drug-likeness (QED) is 0.645. The molecule has 0 fully saturated rings. The number of H-pyrrole nitrogens is 1. The summed E-state index contributed by atoms with van der Waals surface area (Å²) in [6.45, 7) is 4.17. The van der Waals surface area contributed by atoms with E-state index in [9.17, 15) is 4.79 Å². The average Bonchev–Trinajstić information content (AvgIpc) is 2.99. The highest BCUT2D eigenvalue weighted by atomic mass is 16.2. The van der Waals surface area contributed by atoms with Gasteiger partial charge in [-0.2, -0.15) is 0 Å². The monoisotopic (exact) mass is 288 g/mol. The second kappa shape index (κ2) is 4.60. The molecule has 1 aliphatic heterocycles. The molecule has 3 heteroatoms. The summed E-state index contributed by atoms with van der Waals surface area (Å²) in [5, 5.41) is 4.12. The first-order chi connectivity index (χ1) is 10.6. The maximum atomic E-state index is 12.2. The van der Waals surface area contributed by atoms with Gasteiger partial charge >= 0.3 is 0 Å². The van der Waals surface area contributed by atoms with Crippen LogP contribution in [-0.2, 0) is 4.79 Å². The third-order valence-corrected chi connectivity index (χ3v) is 4.25. The van der Waals surface area contributed by atoms with Gasteiger partial charge in [0.15, 0.2) is 0 Å². The Morgan fingerprint density at radius 3 is 2.73 bits per heavy atom. The number of hydrogen-bond acceptors (Lipinski definition) is 1. The molecule has 0 saturated carbocycles. The number of hydrogen-bond donors (Lipinski definition) is 2. The molecule has 3 aromatic rings. The van der Waals surface area contributed by atoms with Crippen LogP contribution in [0.25, 0.3) is 22.6 Å². The fourth-order valence-electron chi connectivity index (χ4n) is 3.03. The van der Waals surface area contributed by atoms with E-state index in [1.807, 2.05) is 30.3 Å². The van der Waals surface area contributed by atoms with E-state index in [2.05, 4.69) is 42.3 Å². The molecule has 0 unspecified atom stereocenters. The molecule has 2 heterocycles. The topological polar surface area (TPSA) is 44.9 Å². The normalized spacial score (nSPS) is 15.4. The first-order valence-electron chi connectivity index (χ1n) is 7.35. The molecule has 1 aromatic heterocycles. The standard InChI is InChI=1S/C19H16N2O/c1-11-7-8-17-14(9-11)12(2)18(20-17)10-15-13-5-3-4-6-16(13)21-19(15)22/h3-10,20H,1-2H3,(H,21,22)/b15-10-. The highest BCUT2D eigenvalue weighted by Crippen LogP contribution is 2.34. The van der Waals surface area contributed by atoms with E-state index in [0.29, 0.717) is 5.57 Å². The minimum absolute atomic E-state index is 0.0459. The van der Waals surface area contributed by atoms with Crippen molar-refractivity contribution in [2.75, 3.05) is 5.32 Å². The number of carbonyl (C=O) groups is 1. The van der Waals surface area contributed by atoms with Gasteiger partial charge in [-0.25, -0.2) is 0 Å². The highest BCUT2D eigenvalue weighted by Gasteiger charge is 2.23. The van der Waals surface area contributed by atoms with Gasteiger partial charge in [0.1, 0.15) is 0 Å². The van der Waals surface area contributed by atoms with Crippen LogP contribution in [0.3, 0.4) is 0 Å². The van der Waals surface area contributed by atoms with E-state index in [4.69, 9.17) is 0 Å². The van der Waals surface area contributed by atoms with Gasteiger partial charge in [0.05, 0.1) is 5.57 Å². The summed E-state index contributed by atoms with van der Waals surface area (Å²) < 4.78 is 0. The van der Waals surface area contributed by atoms with Crippen LogP contribution in [0.5, 0.6) is 0 Å². The predicted molar refractivity (Wildman–Crippen MR) is 90.7 cm³/mol. The zero-order chi connectivity index (χ0) is 15.3. The van der Waals surface area contributed by atoms with Crippen molar-refractivity contribution in [3.63, 3.8) is 0 Å². The van der Waals surface area contributed by atoms with E-state index in [-0.39, 0.29) is 5.91 Å². The van der Waals surface area contributed by atoms with E-state index in [1.54, 1.807) is 0 Å². The van der Waals surface area contributed by atoms with Gasteiger partial charge in [0, 0.05) is 27.8 Å². The molecule has 0 saturated heterocycles. The lowest BCUT2D eigenvalue weighted by Crippen LogP contribution is -2.03. The zero-order valence-electron chi connectivity index (χ0n) is 12.5. The SMILES string of the molecule is Cc1ccc2[nH]c(/C=C3\C(=O)Nc4ccccc43)c(C)c2c1. The van der Waals surface area contributed by atoms with Crippen molar-refractivity contribution >= 4 is 34.1 Å². The predicted octanol–water partition coefficient (Wildman–Crippen LogP) is 4.28. The number of nitrogens with one attached hydrogen (secondary N) is 2. The lowest BCUT2D eigenvalue weighted by atomic mass is 10.0. The molecule has 0 atom stereocenters. The Morgan fingerprint density at radius 2 is 1.86 bits per heavy atom. The number of amides is 1. The minimum Gasteiger partial charge on any atom is -0.355 e. The number of benzene rings is 2. The molecular formula is C19H16N2O. The van der Waals surface area contributed by atoms with E-state index < -0.39 is 0 Å². The van der Waals surface area contributed by atoms with Crippen LogP contribution < -0.4 is 5.32 Å². The molecule has 1 aliphatic rings. The fraction of sp³-hybridized carbons (Fsp3) is 0.105. The second-order valence-corrected chi connectivity index (χ2v) is 5.77. The van der Waals surface area contributed by atoms with Crippen LogP contribution in [0.4, 0.5) is 5.69 Å². The van der Waals surface area contributed by atoms with Crippen molar-refractivity contribution in [1.29, 1.82) is 0 Å². The number of fused-ring (bicyclic) bond motifs is 2. The van der Waals surface area contributed by atoms with Crippen LogP contribution in [0.1, 0.15) is 22.4 Å². The zero-order valence-corrected chi connectivity index (χ0v) is 12.5. The number of aryl methyl sites for hydroxylation is 2. The average molecular weight is 288 g/mol. The molecule has 108 valence electrons. The number of rotatable bonds is 1. The summed E-state index contributed by atoms with van der Waals surface area (Å²) in [5.41, 5.74) is 7.04. The van der Waals surface area contributed by atoms with Crippen molar-refractivity contribution in [3.05, 3.63) is 64.8 Å². The number of aromatic nitrogens is 1. The molecule has 22 heavy (non-hydrogen) atoms. The van der Waals surface area contributed by atoms with Gasteiger partial charge in [0.2, 0.25) is 0 Å². The van der Waals surface area contributed by atoms with Crippen molar-refractivity contribution in [2.45, 2.75) is 13.8 Å². The van der Waals surface area contributed by atoms with Crippen molar-refractivity contribution in [1.82, 2.24) is 4.98 Å². The third kappa shape index (κ3) is 1.86. The first-order valence-corrected chi connectivity index (χ1v) is 7.35. The highest BCUT2D eigenvalue weighted by molar-refractivity contribution is 6.35. The van der Waals surface area contributed by atoms with Crippen LogP contribution in [0.2, 0.25) is 0 Å². The molecule has 0 spiro atoms. The molecule has 0 bridgehead atoms. The van der Waals surface area contributed by atoms with Crippen molar-refractivity contribution in [3.8, 4) is 0 Å². The van der Waals surface area contributed by atoms with Gasteiger partial charge in [-0.3, -0.25) is 4.79 Å². The Morgan fingerprint density at radius 1 is 1.05 bits per heavy atom. The van der Waals surface area contributed by atoms with E-state index in [1.165, 1.54) is 16.5 Å². The van der Waals surface area contributed by atoms with E-state index >= 15 is 0 Å². The van der Waals surface area contributed by atoms with Crippen LogP contribution in [0.15, 0.2) is 42.5 Å². The van der Waals surface area contributed by atoms with Gasteiger partial charge < -0.3 is 10.3 Å². The maximum Gasteiger partial charge on any atom is 0.256 e. The summed E-state index contributed by atoms with van der Waals surface area (Å²) in [4.78, 5) is 15.6. The number of anilines is 1. The Kier molecular flexibility index (Phi) is 2.70. The van der Waals surface area contributed by atoms with Gasteiger partial charge in [-0.1, -0.05) is 29.8 Å². The van der Waals surface area contributed by atoms with E-state index in [0.717, 1.165) is 22.5 Å². The number of aromatic amines is 1. The minimum atomic E-state index is -0.0459. The molecule has 4 rings (SSSR count). The second-order valence-electron chi connectivity index (χ2n) is 5.77. The van der Waals surface area contributed by atoms with Gasteiger partial charge in [-0.05, 0) is 43.7 Å². The lowest BCUT2D eigenvalue weighted by molar-refractivity contribution is -0.110. The number of carbonyl (C=O) groups excluding carboxylic acids is 1. The molecule has 0 radical (unpaired) electrons. The molecule has 3 nitrogen and oxygen atoms in total. The Balaban J connectivity index is 1.90. The lowest BCUT2D eigenvalue weighted by Gasteiger charge is -1.98. The molecule has 2 aromatic carbocycles. The van der Waals surface area contributed by atoms with Crippen molar-refractivity contribution < 1.29 is 4.79 Å². The van der Waals surface area contributed by atoms with Gasteiger partial charge in [-0.15, -0.1) is 0 Å². The molecule has 1 amide bonds. The Labute approximate surface area is 128 Å². The summed E-state index contributed by atoms with van der Waals surface area (Å²) in [6.07, 6.45) is 1.95. The molecule has 2 N–H and O–H groups in total. The largest absolute Gasteiger partial charge is 0.355 e. The van der Waals surface area contributed by atoms with Crippen molar-refractivity contribution in [2.24, 2.45) is 0 Å². The molecule has 0 aliphatic carbocycles. The maximum absolute atomic E-state index is 12.2. The summed E-state index contributed by atoms with van der Waals surface area (Å²) in [7, 11) is 0. The summed E-state index contributed by atoms with van der Waals surface area (Å²) in [6, 6.07) is 14.1.